The highest BCUT2D eigenvalue weighted by Crippen LogP contribution is 2.50. The molecule has 2 bridgehead atoms. The summed E-state index contributed by atoms with van der Waals surface area (Å²) in [6, 6.07) is 6.40. The maximum absolute atomic E-state index is 13.0. The van der Waals surface area contributed by atoms with Crippen LogP contribution in [0.3, 0.4) is 0 Å². The summed E-state index contributed by atoms with van der Waals surface area (Å²) in [6.45, 7) is 7.96. The number of benzene rings is 1. The SMILES string of the molecule is CC(C)(C)OC(=O)N1C(=O)C[C@H](c2ccc(Cl)cc2)[C@H]1[C@]12OCC[C@](C)(CO1)O2. The molecule has 3 saturated heterocycles. The Balaban J connectivity index is 1.75. The van der Waals surface area contributed by atoms with Crippen molar-refractivity contribution < 1.29 is 28.5 Å². The summed E-state index contributed by atoms with van der Waals surface area (Å²) in [5.41, 5.74) is -0.422. The number of nitrogens with zero attached hydrogens (tertiary/aromatic N) is 1. The zero-order chi connectivity index (χ0) is 21.0. The first-order valence-corrected chi connectivity index (χ1v) is 10.2. The lowest BCUT2D eigenvalue weighted by atomic mass is 9.89. The number of carbonyl (C=O) groups is 2. The second kappa shape index (κ2) is 6.94. The molecule has 29 heavy (non-hydrogen) atoms. The number of hydrogen-bond donors (Lipinski definition) is 0. The molecule has 158 valence electrons. The molecule has 0 aromatic heterocycles. The Morgan fingerprint density at radius 2 is 1.93 bits per heavy atom. The highest BCUT2D eigenvalue weighted by Gasteiger charge is 2.65. The zero-order valence-electron chi connectivity index (χ0n) is 17.1. The highest BCUT2D eigenvalue weighted by molar-refractivity contribution is 6.30. The molecule has 2 amide bonds. The van der Waals surface area contributed by atoms with Crippen LogP contribution in [0.1, 0.15) is 52.0 Å². The predicted octanol–water partition coefficient (Wildman–Crippen LogP) is 3.84. The average molecular weight is 424 g/mol. The Labute approximate surface area is 175 Å². The van der Waals surface area contributed by atoms with Crippen molar-refractivity contribution in [2.24, 2.45) is 0 Å². The number of fused-ring (bicyclic) bond motifs is 2. The second-order valence-corrected chi connectivity index (χ2v) is 9.53. The molecule has 0 radical (unpaired) electrons. The van der Waals surface area contributed by atoms with Gasteiger partial charge in [-0.1, -0.05) is 23.7 Å². The minimum atomic E-state index is -1.51. The lowest BCUT2D eigenvalue weighted by Gasteiger charge is -2.43. The van der Waals surface area contributed by atoms with Crippen molar-refractivity contribution in [3.05, 3.63) is 34.9 Å². The predicted molar refractivity (Wildman–Crippen MR) is 104 cm³/mol. The highest BCUT2D eigenvalue weighted by atomic mass is 35.5. The Hall–Kier alpha value is -1.67. The average Bonchev–Trinajstić information content (AvgIpc) is 3.08. The summed E-state index contributed by atoms with van der Waals surface area (Å²) in [4.78, 5) is 27.1. The quantitative estimate of drug-likeness (QED) is 0.719. The van der Waals surface area contributed by atoms with Crippen LogP contribution in [0.5, 0.6) is 0 Å². The van der Waals surface area contributed by atoms with Crippen LogP contribution in [-0.4, -0.2) is 53.3 Å². The van der Waals surface area contributed by atoms with Gasteiger partial charge in [0.05, 0.1) is 18.8 Å². The van der Waals surface area contributed by atoms with E-state index in [1.165, 1.54) is 0 Å². The van der Waals surface area contributed by atoms with Crippen LogP contribution < -0.4 is 0 Å². The fraction of sp³-hybridized carbons (Fsp3) is 0.619. The van der Waals surface area contributed by atoms with Gasteiger partial charge in [-0.25, -0.2) is 9.69 Å². The van der Waals surface area contributed by atoms with E-state index < -0.39 is 29.3 Å². The maximum atomic E-state index is 13.0. The van der Waals surface area contributed by atoms with Crippen LogP contribution in [0.4, 0.5) is 4.79 Å². The second-order valence-electron chi connectivity index (χ2n) is 9.09. The summed E-state index contributed by atoms with van der Waals surface area (Å²) in [6.07, 6.45) is 0.0569. The third-order valence-corrected chi connectivity index (χ3v) is 5.73. The monoisotopic (exact) mass is 423 g/mol. The summed E-state index contributed by atoms with van der Waals surface area (Å²) < 4.78 is 23.7. The van der Waals surface area contributed by atoms with E-state index in [1.54, 1.807) is 32.9 Å². The molecule has 7 nitrogen and oxygen atoms in total. The number of carbonyl (C=O) groups excluding carboxylic acids is 2. The van der Waals surface area contributed by atoms with E-state index in [0.717, 1.165) is 10.5 Å². The molecule has 0 saturated carbocycles. The molecule has 1 aromatic carbocycles. The van der Waals surface area contributed by atoms with Crippen molar-refractivity contribution in [2.75, 3.05) is 13.2 Å². The smallest absolute Gasteiger partial charge is 0.417 e. The minimum Gasteiger partial charge on any atom is -0.443 e. The number of halogens is 1. The van der Waals surface area contributed by atoms with Crippen molar-refractivity contribution in [3.63, 3.8) is 0 Å². The number of rotatable bonds is 2. The maximum Gasteiger partial charge on any atom is 0.417 e. The van der Waals surface area contributed by atoms with Crippen molar-refractivity contribution in [3.8, 4) is 0 Å². The van der Waals surface area contributed by atoms with Crippen molar-refractivity contribution >= 4 is 23.6 Å². The van der Waals surface area contributed by atoms with Gasteiger partial charge in [-0.05, 0) is 45.4 Å². The van der Waals surface area contributed by atoms with E-state index in [0.29, 0.717) is 24.7 Å². The zero-order valence-corrected chi connectivity index (χ0v) is 17.8. The molecule has 0 unspecified atom stereocenters. The third-order valence-electron chi connectivity index (χ3n) is 5.47. The fourth-order valence-corrected chi connectivity index (χ4v) is 4.29. The summed E-state index contributed by atoms with van der Waals surface area (Å²) in [5.74, 6) is -2.25. The van der Waals surface area contributed by atoms with Gasteiger partial charge in [0.15, 0.2) is 0 Å². The topological polar surface area (TPSA) is 74.3 Å². The minimum absolute atomic E-state index is 0.111. The number of hydrogen-bond acceptors (Lipinski definition) is 6. The number of amides is 2. The molecule has 0 aliphatic carbocycles. The van der Waals surface area contributed by atoms with Gasteiger partial charge in [0.25, 0.3) is 0 Å². The number of ether oxygens (including phenoxy) is 4. The largest absolute Gasteiger partial charge is 0.443 e. The molecule has 3 fully saturated rings. The summed E-state index contributed by atoms with van der Waals surface area (Å²) in [5, 5.41) is 0.589. The Morgan fingerprint density at radius 1 is 1.24 bits per heavy atom. The molecule has 4 rings (SSSR count). The standard InChI is InChI=1S/C21H26ClNO6/c1-19(2,3)28-18(25)23-16(24)11-15(13-5-7-14(22)8-6-13)17(23)21-26-10-9-20(4,29-21)12-27-21/h5-8,15,17H,9-12H2,1-4H3/t15-,17+,20-,21+/m1/s1. The molecule has 1 aromatic rings. The molecular weight excluding hydrogens is 398 g/mol. The van der Waals surface area contributed by atoms with Crippen LogP contribution >= 0.6 is 11.6 Å². The van der Waals surface area contributed by atoms with Gasteiger partial charge in [0.1, 0.15) is 11.6 Å². The first kappa shape index (κ1) is 20.6. The molecule has 3 heterocycles. The lowest BCUT2D eigenvalue weighted by molar-refractivity contribution is -0.385. The normalized spacial score (nSPS) is 34.5. The molecule has 3 aliphatic rings. The molecule has 0 N–H and O–H groups in total. The molecular formula is C21H26ClNO6. The summed E-state index contributed by atoms with van der Waals surface area (Å²) >= 11 is 6.04. The Bertz CT molecular complexity index is 821. The van der Waals surface area contributed by atoms with E-state index in [9.17, 15) is 9.59 Å². The van der Waals surface area contributed by atoms with Gasteiger partial charge in [-0.15, -0.1) is 0 Å². The van der Waals surface area contributed by atoms with Crippen LogP contribution in [0.2, 0.25) is 5.02 Å². The van der Waals surface area contributed by atoms with E-state index in [1.807, 2.05) is 19.1 Å². The Morgan fingerprint density at radius 3 is 2.59 bits per heavy atom. The molecule has 3 aliphatic heterocycles. The van der Waals surface area contributed by atoms with Crippen molar-refractivity contribution in [1.82, 2.24) is 4.90 Å². The van der Waals surface area contributed by atoms with Gasteiger partial charge in [0, 0.05) is 23.8 Å². The molecule has 4 atom stereocenters. The molecule has 8 heteroatoms. The lowest BCUT2D eigenvalue weighted by Crippen LogP contribution is -2.60. The van der Waals surface area contributed by atoms with E-state index in [4.69, 9.17) is 30.5 Å². The van der Waals surface area contributed by atoms with Crippen LogP contribution in [0.25, 0.3) is 0 Å². The van der Waals surface area contributed by atoms with Crippen LogP contribution in [-0.2, 0) is 23.7 Å². The number of likely N-dealkylation sites (tertiary alicyclic amines) is 1. The van der Waals surface area contributed by atoms with E-state index in [-0.39, 0.29) is 18.2 Å². The van der Waals surface area contributed by atoms with Crippen molar-refractivity contribution in [2.45, 2.75) is 69.7 Å². The van der Waals surface area contributed by atoms with Crippen LogP contribution in [0.15, 0.2) is 24.3 Å². The van der Waals surface area contributed by atoms with Crippen LogP contribution in [0, 0.1) is 0 Å². The third kappa shape index (κ3) is 3.77. The summed E-state index contributed by atoms with van der Waals surface area (Å²) in [7, 11) is 0. The van der Waals surface area contributed by atoms with Gasteiger partial charge >= 0.3 is 12.1 Å². The van der Waals surface area contributed by atoms with Gasteiger partial charge in [-0.2, -0.15) is 0 Å². The molecule has 0 spiro atoms. The van der Waals surface area contributed by atoms with Crippen molar-refractivity contribution in [1.29, 1.82) is 0 Å². The fourth-order valence-electron chi connectivity index (χ4n) is 4.16. The van der Waals surface area contributed by atoms with Gasteiger partial charge < -0.3 is 18.9 Å². The Kier molecular flexibility index (Phi) is 4.93. The number of imide groups is 1. The first-order chi connectivity index (χ1) is 13.5. The van der Waals surface area contributed by atoms with Gasteiger partial charge in [-0.3, -0.25) is 4.79 Å². The van der Waals surface area contributed by atoms with E-state index >= 15 is 0 Å². The van der Waals surface area contributed by atoms with E-state index in [2.05, 4.69) is 0 Å². The first-order valence-electron chi connectivity index (χ1n) is 9.81. The van der Waals surface area contributed by atoms with Gasteiger partial charge in [0.2, 0.25) is 5.91 Å².